The van der Waals surface area contributed by atoms with Gasteiger partial charge in [0.25, 0.3) is 0 Å². The summed E-state index contributed by atoms with van der Waals surface area (Å²) in [6.45, 7) is 0.484. The van der Waals surface area contributed by atoms with Gasteiger partial charge >= 0.3 is 0 Å². The summed E-state index contributed by atoms with van der Waals surface area (Å²) in [6, 6.07) is 6.25. The Bertz CT molecular complexity index is 571. The van der Waals surface area contributed by atoms with E-state index < -0.39 is 10.0 Å². The number of amides is 1. The predicted molar refractivity (Wildman–Crippen MR) is 72.6 cm³/mol. The Morgan fingerprint density at radius 1 is 1.32 bits per heavy atom. The molecule has 0 atom stereocenters. The highest BCUT2D eigenvalue weighted by molar-refractivity contribution is 7.89. The summed E-state index contributed by atoms with van der Waals surface area (Å²) in [5.41, 5.74) is 0.921. The SMILES string of the molecule is C#CCCC(=O)NCCc1ccc(S(N)(=O)=O)cc1. The van der Waals surface area contributed by atoms with Crippen LogP contribution in [0.15, 0.2) is 29.2 Å². The van der Waals surface area contributed by atoms with Gasteiger partial charge in [0, 0.05) is 19.4 Å². The van der Waals surface area contributed by atoms with E-state index in [4.69, 9.17) is 11.6 Å². The first kappa shape index (κ1) is 15.2. The quantitative estimate of drug-likeness (QED) is 0.739. The maximum Gasteiger partial charge on any atom is 0.238 e. The second-order valence-electron chi connectivity index (χ2n) is 3.99. The van der Waals surface area contributed by atoms with Crippen LogP contribution in [0, 0.1) is 12.3 Å². The summed E-state index contributed by atoms with van der Waals surface area (Å²) in [5, 5.41) is 7.73. The molecule has 0 saturated carbocycles. The molecular weight excluding hydrogens is 264 g/mol. The van der Waals surface area contributed by atoms with Gasteiger partial charge in [0.2, 0.25) is 15.9 Å². The van der Waals surface area contributed by atoms with Crippen LogP contribution < -0.4 is 10.5 Å². The number of terminal acetylenes is 1. The van der Waals surface area contributed by atoms with Crippen molar-refractivity contribution in [1.82, 2.24) is 5.32 Å². The number of carbonyl (C=O) groups excluding carboxylic acids is 1. The van der Waals surface area contributed by atoms with Gasteiger partial charge in [-0.1, -0.05) is 12.1 Å². The molecule has 102 valence electrons. The van der Waals surface area contributed by atoms with E-state index in [2.05, 4.69) is 11.2 Å². The zero-order valence-corrected chi connectivity index (χ0v) is 11.2. The highest BCUT2D eigenvalue weighted by Crippen LogP contribution is 2.08. The van der Waals surface area contributed by atoms with Crippen molar-refractivity contribution in [2.24, 2.45) is 5.14 Å². The van der Waals surface area contributed by atoms with Gasteiger partial charge in [-0.15, -0.1) is 12.3 Å². The van der Waals surface area contributed by atoms with Crippen LogP contribution in [0.3, 0.4) is 0 Å². The van der Waals surface area contributed by atoms with Crippen molar-refractivity contribution in [3.8, 4) is 12.3 Å². The molecule has 0 aliphatic carbocycles. The molecule has 0 bridgehead atoms. The first-order valence-electron chi connectivity index (χ1n) is 5.75. The summed E-state index contributed by atoms with van der Waals surface area (Å²) in [7, 11) is -3.65. The molecule has 1 aromatic carbocycles. The number of hydrogen-bond acceptors (Lipinski definition) is 3. The van der Waals surface area contributed by atoms with Gasteiger partial charge in [0.15, 0.2) is 0 Å². The van der Waals surface area contributed by atoms with Crippen molar-refractivity contribution < 1.29 is 13.2 Å². The molecule has 0 saturated heterocycles. The van der Waals surface area contributed by atoms with Crippen LogP contribution in [-0.2, 0) is 21.2 Å². The number of nitrogens with two attached hydrogens (primary N) is 1. The first-order chi connectivity index (χ1) is 8.93. The minimum atomic E-state index is -3.65. The lowest BCUT2D eigenvalue weighted by Gasteiger charge is -2.05. The average Bonchev–Trinajstić information content (AvgIpc) is 2.36. The van der Waals surface area contributed by atoms with Gasteiger partial charge in [-0.05, 0) is 24.1 Å². The van der Waals surface area contributed by atoms with Gasteiger partial charge in [-0.25, -0.2) is 13.6 Å². The molecule has 1 amide bonds. The second kappa shape index (κ2) is 6.92. The van der Waals surface area contributed by atoms with E-state index in [0.29, 0.717) is 25.8 Å². The highest BCUT2D eigenvalue weighted by atomic mass is 32.2. The fourth-order valence-corrected chi connectivity index (χ4v) is 1.98. The molecule has 0 unspecified atom stereocenters. The van der Waals surface area contributed by atoms with E-state index in [1.165, 1.54) is 12.1 Å². The highest BCUT2D eigenvalue weighted by Gasteiger charge is 2.06. The third kappa shape index (κ3) is 5.55. The number of rotatable bonds is 6. The lowest BCUT2D eigenvalue weighted by atomic mass is 10.1. The van der Waals surface area contributed by atoms with Crippen molar-refractivity contribution >= 4 is 15.9 Å². The number of hydrogen-bond donors (Lipinski definition) is 2. The van der Waals surface area contributed by atoms with E-state index in [-0.39, 0.29) is 10.8 Å². The lowest BCUT2D eigenvalue weighted by molar-refractivity contribution is -0.120. The van der Waals surface area contributed by atoms with Gasteiger partial charge in [-0.3, -0.25) is 4.79 Å². The standard InChI is InChI=1S/C13H16N2O3S/c1-2-3-4-13(16)15-10-9-11-5-7-12(8-6-11)19(14,17)18/h1,5-8H,3-4,9-10H2,(H,15,16)(H2,14,17,18). The third-order valence-corrected chi connectivity index (χ3v) is 3.41. The number of primary sulfonamides is 1. The molecule has 0 radical (unpaired) electrons. The van der Waals surface area contributed by atoms with Gasteiger partial charge in [0.1, 0.15) is 0 Å². The van der Waals surface area contributed by atoms with Crippen molar-refractivity contribution in [1.29, 1.82) is 0 Å². The predicted octanol–water partition coefficient (Wildman–Crippen LogP) is 0.406. The molecule has 0 heterocycles. The molecule has 0 aliphatic rings. The van der Waals surface area contributed by atoms with Crippen molar-refractivity contribution in [2.75, 3.05) is 6.54 Å². The summed E-state index contributed by atoms with van der Waals surface area (Å²) in [4.78, 5) is 11.4. The largest absolute Gasteiger partial charge is 0.356 e. The van der Waals surface area contributed by atoms with Crippen LogP contribution in [0.25, 0.3) is 0 Å². The summed E-state index contributed by atoms with van der Waals surface area (Å²) in [6.07, 6.45) is 6.42. The maximum atomic E-state index is 11.3. The number of nitrogens with one attached hydrogen (secondary N) is 1. The minimum Gasteiger partial charge on any atom is -0.356 e. The lowest BCUT2D eigenvalue weighted by Crippen LogP contribution is -2.25. The molecule has 5 nitrogen and oxygen atoms in total. The van der Waals surface area contributed by atoms with E-state index in [1.807, 2.05) is 0 Å². The molecule has 0 fully saturated rings. The van der Waals surface area contributed by atoms with Gasteiger partial charge < -0.3 is 5.32 Å². The fraction of sp³-hybridized carbons (Fsp3) is 0.308. The topological polar surface area (TPSA) is 89.3 Å². The zero-order chi connectivity index (χ0) is 14.3. The third-order valence-electron chi connectivity index (χ3n) is 2.48. The molecule has 1 rings (SSSR count). The van der Waals surface area contributed by atoms with Crippen molar-refractivity contribution in [3.63, 3.8) is 0 Å². The van der Waals surface area contributed by atoms with E-state index in [0.717, 1.165) is 5.56 Å². The molecule has 0 spiro atoms. The molecule has 6 heteroatoms. The Morgan fingerprint density at radius 2 is 1.95 bits per heavy atom. The van der Waals surface area contributed by atoms with E-state index in [1.54, 1.807) is 12.1 Å². The normalized spacial score (nSPS) is 10.7. The summed E-state index contributed by atoms with van der Waals surface area (Å²) >= 11 is 0. The molecule has 0 aliphatic heterocycles. The zero-order valence-electron chi connectivity index (χ0n) is 10.4. The smallest absolute Gasteiger partial charge is 0.238 e. The number of carbonyl (C=O) groups is 1. The molecule has 0 aromatic heterocycles. The Morgan fingerprint density at radius 3 is 2.47 bits per heavy atom. The molecule has 1 aromatic rings. The number of sulfonamides is 1. The van der Waals surface area contributed by atoms with Crippen LogP contribution in [0.5, 0.6) is 0 Å². The minimum absolute atomic E-state index is 0.0781. The average molecular weight is 280 g/mol. The Kier molecular flexibility index (Phi) is 5.55. The van der Waals surface area contributed by atoms with Crippen LogP contribution in [0.1, 0.15) is 18.4 Å². The molecular formula is C13H16N2O3S. The van der Waals surface area contributed by atoms with Gasteiger partial charge in [0.05, 0.1) is 4.90 Å². The monoisotopic (exact) mass is 280 g/mol. The van der Waals surface area contributed by atoms with Crippen molar-refractivity contribution in [2.45, 2.75) is 24.2 Å². The second-order valence-corrected chi connectivity index (χ2v) is 5.55. The maximum absolute atomic E-state index is 11.3. The van der Waals surface area contributed by atoms with E-state index in [9.17, 15) is 13.2 Å². The Balaban J connectivity index is 2.43. The van der Waals surface area contributed by atoms with Crippen LogP contribution in [0.2, 0.25) is 0 Å². The molecule has 3 N–H and O–H groups in total. The Hall–Kier alpha value is -1.84. The number of benzene rings is 1. The Labute approximate surface area is 113 Å². The fourth-order valence-electron chi connectivity index (χ4n) is 1.47. The van der Waals surface area contributed by atoms with E-state index >= 15 is 0 Å². The van der Waals surface area contributed by atoms with Crippen molar-refractivity contribution in [3.05, 3.63) is 29.8 Å². The van der Waals surface area contributed by atoms with Crippen LogP contribution in [0.4, 0.5) is 0 Å². The summed E-state index contributed by atoms with van der Waals surface area (Å²) in [5.74, 6) is 2.31. The summed E-state index contributed by atoms with van der Waals surface area (Å²) < 4.78 is 22.1. The van der Waals surface area contributed by atoms with Gasteiger partial charge in [-0.2, -0.15) is 0 Å². The molecule has 19 heavy (non-hydrogen) atoms. The van der Waals surface area contributed by atoms with Crippen LogP contribution >= 0.6 is 0 Å². The first-order valence-corrected chi connectivity index (χ1v) is 7.30. The van der Waals surface area contributed by atoms with Crippen LogP contribution in [-0.4, -0.2) is 20.9 Å².